The third kappa shape index (κ3) is 5.09. The summed E-state index contributed by atoms with van der Waals surface area (Å²) in [5, 5.41) is 0. The first-order valence-electron chi connectivity index (χ1n) is 6.42. The van der Waals surface area contributed by atoms with Crippen LogP contribution in [0.25, 0.3) is 0 Å². The van der Waals surface area contributed by atoms with Gasteiger partial charge in [0.15, 0.2) is 11.5 Å². The fourth-order valence-electron chi connectivity index (χ4n) is 2.05. The zero-order valence-electron chi connectivity index (χ0n) is 11.2. The molecule has 0 aromatic heterocycles. The van der Waals surface area contributed by atoms with Crippen LogP contribution in [-0.4, -0.2) is 43.6 Å². The van der Waals surface area contributed by atoms with Gasteiger partial charge < -0.3 is 14.4 Å². The Hall–Kier alpha value is -0.640. The van der Waals surface area contributed by atoms with Gasteiger partial charge in [0.1, 0.15) is 12.7 Å². The highest BCUT2D eigenvalue weighted by Crippen LogP contribution is 2.31. The number of benzene rings is 1. The molecule has 0 aliphatic carbocycles. The molecule has 19 heavy (non-hydrogen) atoms. The molecule has 1 aliphatic rings. The minimum Gasteiger partial charge on any atom is -0.486 e. The molecule has 1 atom stereocenters. The van der Waals surface area contributed by atoms with Crippen LogP contribution < -0.4 is 9.47 Å². The van der Waals surface area contributed by atoms with Crippen LogP contribution in [0.3, 0.4) is 0 Å². The van der Waals surface area contributed by atoms with Crippen molar-refractivity contribution in [3.63, 3.8) is 0 Å². The van der Waals surface area contributed by atoms with Gasteiger partial charge in [-0.05, 0) is 38.6 Å². The van der Waals surface area contributed by atoms with Gasteiger partial charge in [-0.2, -0.15) is 0 Å². The molecule has 0 N–H and O–H groups in total. The van der Waals surface area contributed by atoms with E-state index >= 15 is 0 Å². The van der Waals surface area contributed by atoms with Crippen molar-refractivity contribution in [2.45, 2.75) is 18.9 Å². The molecule has 0 saturated heterocycles. The van der Waals surface area contributed by atoms with Gasteiger partial charge in [0.2, 0.25) is 0 Å². The van der Waals surface area contributed by atoms with Crippen molar-refractivity contribution in [1.82, 2.24) is 4.90 Å². The molecule has 0 bridgehead atoms. The number of rotatable bonds is 6. The van der Waals surface area contributed by atoms with Crippen LogP contribution >= 0.6 is 24.0 Å². The standard InChI is InChI=1S/C14H20ClNO2.ClH/c1-16(10-8-15)9-4-5-12-11-17-13-6-2-3-7-14(13)18-12;/h2-3,6-7,12H,4-5,8-11H2,1H3;1H. The largest absolute Gasteiger partial charge is 0.486 e. The summed E-state index contributed by atoms with van der Waals surface area (Å²) in [5.74, 6) is 2.41. The lowest BCUT2D eigenvalue weighted by Crippen LogP contribution is -2.30. The number of para-hydroxylation sites is 2. The van der Waals surface area contributed by atoms with Gasteiger partial charge in [-0.1, -0.05) is 12.1 Å². The van der Waals surface area contributed by atoms with Crippen LogP contribution in [0, 0.1) is 0 Å². The van der Waals surface area contributed by atoms with Crippen molar-refractivity contribution < 1.29 is 9.47 Å². The number of hydrogen-bond donors (Lipinski definition) is 0. The second-order valence-electron chi connectivity index (χ2n) is 4.63. The molecule has 0 saturated carbocycles. The lowest BCUT2D eigenvalue weighted by atomic mass is 10.1. The van der Waals surface area contributed by atoms with E-state index in [-0.39, 0.29) is 18.5 Å². The van der Waals surface area contributed by atoms with E-state index in [1.165, 1.54) is 0 Å². The SMILES string of the molecule is CN(CCCl)CCCC1COc2ccccc2O1.Cl. The van der Waals surface area contributed by atoms with Crippen molar-refractivity contribution in [1.29, 1.82) is 0 Å². The van der Waals surface area contributed by atoms with Crippen LogP contribution in [0.5, 0.6) is 11.5 Å². The predicted molar refractivity (Wildman–Crippen MR) is 81.1 cm³/mol. The van der Waals surface area contributed by atoms with E-state index in [0.29, 0.717) is 12.5 Å². The fourth-order valence-corrected chi connectivity index (χ4v) is 2.34. The lowest BCUT2D eigenvalue weighted by Gasteiger charge is -2.27. The summed E-state index contributed by atoms with van der Waals surface area (Å²) >= 11 is 5.69. The number of hydrogen-bond acceptors (Lipinski definition) is 3. The van der Waals surface area contributed by atoms with Gasteiger partial charge in [-0.15, -0.1) is 24.0 Å². The Labute approximate surface area is 126 Å². The number of nitrogens with zero attached hydrogens (tertiary/aromatic N) is 1. The van der Waals surface area contributed by atoms with Gasteiger partial charge in [0, 0.05) is 12.4 Å². The molecule has 3 nitrogen and oxygen atoms in total. The fraction of sp³-hybridized carbons (Fsp3) is 0.571. The lowest BCUT2D eigenvalue weighted by molar-refractivity contribution is 0.0814. The Balaban J connectivity index is 0.00000180. The minimum atomic E-state index is 0. The molecule has 2 rings (SSSR count). The molecule has 0 amide bonds. The van der Waals surface area contributed by atoms with Gasteiger partial charge in [0.25, 0.3) is 0 Å². The Morgan fingerprint density at radius 2 is 2.00 bits per heavy atom. The minimum absolute atomic E-state index is 0. The Bertz CT molecular complexity index is 376. The van der Waals surface area contributed by atoms with Crippen LogP contribution in [0.1, 0.15) is 12.8 Å². The maximum absolute atomic E-state index is 5.90. The molecule has 1 aromatic carbocycles. The molecule has 108 valence electrons. The number of alkyl halides is 1. The Kier molecular flexibility index (Phi) is 7.36. The average molecular weight is 306 g/mol. The maximum atomic E-state index is 5.90. The van der Waals surface area contributed by atoms with Crippen molar-refractivity contribution in [2.75, 3.05) is 32.6 Å². The molecular weight excluding hydrogens is 285 g/mol. The van der Waals surface area contributed by atoms with Gasteiger partial charge in [-0.3, -0.25) is 0 Å². The summed E-state index contributed by atoms with van der Waals surface area (Å²) < 4.78 is 11.6. The normalized spacial score (nSPS) is 17.1. The van der Waals surface area contributed by atoms with Gasteiger partial charge in [-0.25, -0.2) is 0 Å². The third-order valence-corrected chi connectivity index (χ3v) is 3.27. The molecule has 0 spiro atoms. The van der Waals surface area contributed by atoms with Crippen LogP contribution in [-0.2, 0) is 0 Å². The average Bonchev–Trinajstić information content (AvgIpc) is 2.39. The summed E-state index contributed by atoms with van der Waals surface area (Å²) in [6.07, 6.45) is 2.29. The molecular formula is C14H21Cl2NO2. The molecule has 1 aliphatic heterocycles. The summed E-state index contributed by atoms with van der Waals surface area (Å²) in [5.41, 5.74) is 0. The topological polar surface area (TPSA) is 21.7 Å². The summed E-state index contributed by atoms with van der Waals surface area (Å²) in [6.45, 7) is 2.64. The highest BCUT2D eigenvalue weighted by Gasteiger charge is 2.19. The molecule has 5 heteroatoms. The van der Waals surface area contributed by atoms with E-state index in [1.807, 2.05) is 24.3 Å². The van der Waals surface area contributed by atoms with Crippen molar-refractivity contribution >= 4 is 24.0 Å². The highest BCUT2D eigenvalue weighted by molar-refractivity contribution is 6.18. The monoisotopic (exact) mass is 305 g/mol. The van der Waals surface area contributed by atoms with E-state index < -0.39 is 0 Å². The van der Waals surface area contributed by atoms with Crippen molar-refractivity contribution in [3.05, 3.63) is 24.3 Å². The summed E-state index contributed by atoms with van der Waals surface area (Å²) in [4.78, 5) is 2.24. The quantitative estimate of drug-likeness (QED) is 0.753. The highest BCUT2D eigenvalue weighted by atomic mass is 35.5. The summed E-state index contributed by atoms with van der Waals surface area (Å²) in [7, 11) is 2.09. The van der Waals surface area contributed by atoms with Crippen LogP contribution in [0.4, 0.5) is 0 Å². The molecule has 1 unspecified atom stereocenters. The first kappa shape index (κ1) is 16.4. The van der Waals surface area contributed by atoms with Crippen LogP contribution in [0.15, 0.2) is 24.3 Å². The van der Waals surface area contributed by atoms with E-state index in [0.717, 1.165) is 37.4 Å². The summed E-state index contributed by atoms with van der Waals surface area (Å²) in [6, 6.07) is 7.84. The molecule has 0 fully saturated rings. The Morgan fingerprint density at radius 3 is 2.74 bits per heavy atom. The van der Waals surface area contributed by atoms with E-state index in [9.17, 15) is 0 Å². The zero-order chi connectivity index (χ0) is 12.8. The zero-order valence-corrected chi connectivity index (χ0v) is 12.8. The second kappa shape index (κ2) is 8.51. The van der Waals surface area contributed by atoms with Crippen molar-refractivity contribution in [2.24, 2.45) is 0 Å². The number of halogens is 2. The maximum Gasteiger partial charge on any atom is 0.161 e. The van der Waals surface area contributed by atoms with Crippen LogP contribution in [0.2, 0.25) is 0 Å². The first-order valence-corrected chi connectivity index (χ1v) is 6.96. The van der Waals surface area contributed by atoms with E-state index in [4.69, 9.17) is 21.1 Å². The number of ether oxygens (including phenoxy) is 2. The smallest absolute Gasteiger partial charge is 0.161 e. The Morgan fingerprint density at radius 1 is 1.26 bits per heavy atom. The van der Waals surface area contributed by atoms with E-state index in [2.05, 4.69) is 11.9 Å². The van der Waals surface area contributed by atoms with E-state index in [1.54, 1.807) is 0 Å². The van der Waals surface area contributed by atoms with Crippen molar-refractivity contribution in [3.8, 4) is 11.5 Å². The first-order chi connectivity index (χ1) is 8.79. The van der Waals surface area contributed by atoms with Gasteiger partial charge >= 0.3 is 0 Å². The molecule has 1 heterocycles. The van der Waals surface area contributed by atoms with Gasteiger partial charge in [0.05, 0.1) is 0 Å². The number of fused-ring (bicyclic) bond motifs is 1. The molecule has 0 radical (unpaired) electrons. The third-order valence-electron chi connectivity index (χ3n) is 3.10. The predicted octanol–water partition coefficient (Wildman–Crippen LogP) is 3.20. The second-order valence-corrected chi connectivity index (χ2v) is 5.01. The molecule has 1 aromatic rings.